The van der Waals surface area contributed by atoms with Gasteiger partial charge >= 0.3 is 5.97 Å². The first kappa shape index (κ1) is 13.5. The number of carbonyl (C=O) groups is 1. The van der Waals surface area contributed by atoms with Crippen molar-refractivity contribution in [3.8, 4) is 0 Å². The number of hydrogen-bond donors (Lipinski definition) is 2. The zero-order chi connectivity index (χ0) is 12.4. The van der Waals surface area contributed by atoms with Gasteiger partial charge in [-0.05, 0) is 39.5 Å². The highest BCUT2D eigenvalue weighted by molar-refractivity contribution is 5.74. The van der Waals surface area contributed by atoms with Gasteiger partial charge in [0.2, 0.25) is 0 Å². The Balaban J connectivity index is 2.67. The molecule has 0 bridgehead atoms. The van der Waals surface area contributed by atoms with Gasteiger partial charge in [-0.2, -0.15) is 0 Å². The van der Waals surface area contributed by atoms with Gasteiger partial charge < -0.3 is 15.6 Å². The molecule has 4 nitrogen and oxygen atoms in total. The lowest BCUT2D eigenvalue weighted by Gasteiger charge is -2.30. The lowest BCUT2D eigenvalue weighted by molar-refractivity contribution is -0.151. The van der Waals surface area contributed by atoms with Gasteiger partial charge in [-0.15, -0.1) is 0 Å². The van der Waals surface area contributed by atoms with Crippen LogP contribution in [0.4, 0.5) is 0 Å². The summed E-state index contributed by atoms with van der Waals surface area (Å²) >= 11 is 0. The normalized spacial score (nSPS) is 27.6. The Hall–Kier alpha value is -0.610. The van der Waals surface area contributed by atoms with E-state index in [-0.39, 0.29) is 18.2 Å². The minimum absolute atomic E-state index is 0.0367. The lowest BCUT2D eigenvalue weighted by Crippen LogP contribution is -2.41. The zero-order valence-corrected chi connectivity index (χ0v) is 10.5. The quantitative estimate of drug-likeness (QED) is 0.753. The van der Waals surface area contributed by atoms with E-state index in [2.05, 4.69) is 0 Å². The minimum atomic E-state index is -0.814. The van der Waals surface area contributed by atoms with Crippen molar-refractivity contribution < 1.29 is 14.6 Å². The monoisotopic (exact) mass is 229 g/mol. The van der Waals surface area contributed by atoms with Crippen molar-refractivity contribution in [3.63, 3.8) is 0 Å². The molecule has 0 radical (unpaired) electrons. The molecule has 4 heteroatoms. The Morgan fingerprint density at radius 1 is 1.62 bits per heavy atom. The van der Waals surface area contributed by atoms with Crippen LogP contribution in [0.5, 0.6) is 0 Å². The number of nitrogens with two attached hydrogens (primary N) is 1. The van der Waals surface area contributed by atoms with E-state index in [0.717, 1.165) is 12.8 Å². The van der Waals surface area contributed by atoms with Gasteiger partial charge in [0.05, 0.1) is 17.1 Å². The molecule has 94 valence electrons. The van der Waals surface area contributed by atoms with Crippen LogP contribution in [0, 0.1) is 5.41 Å². The molecule has 0 aromatic carbocycles. The second-order valence-electron chi connectivity index (χ2n) is 5.39. The minimum Gasteiger partial charge on any atom is -0.481 e. The Morgan fingerprint density at radius 3 is 2.56 bits per heavy atom. The Bertz CT molecular complexity index is 259. The van der Waals surface area contributed by atoms with Gasteiger partial charge in [-0.3, -0.25) is 4.79 Å². The van der Waals surface area contributed by atoms with Gasteiger partial charge in [0.25, 0.3) is 0 Å². The van der Waals surface area contributed by atoms with Gasteiger partial charge in [-0.1, -0.05) is 6.92 Å². The summed E-state index contributed by atoms with van der Waals surface area (Å²) in [5.74, 6) is -0.800. The van der Waals surface area contributed by atoms with E-state index < -0.39 is 11.4 Å². The first-order chi connectivity index (χ1) is 7.35. The van der Waals surface area contributed by atoms with Crippen molar-refractivity contribution in [2.24, 2.45) is 11.1 Å². The fourth-order valence-electron chi connectivity index (χ4n) is 2.36. The van der Waals surface area contributed by atoms with Crippen molar-refractivity contribution in [2.45, 2.75) is 58.2 Å². The van der Waals surface area contributed by atoms with Crippen molar-refractivity contribution in [3.05, 3.63) is 0 Å². The number of aliphatic carboxylic acids is 1. The van der Waals surface area contributed by atoms with Crippen LogP contribution in [0.2, 0.25) is 0 Å². The van der Waals surface area contributed by atoms with Gasteiger partial charge in [0, 0.05) is 6.54 Å². The summed E-state index contributed by atoms with van der Waals surface area (Å²) in [7, 11) is 0. The predicted molar refractivity (Wildman–Crippen MR) is 62.2 cm³/mol. The molecule has 0 amide bonds. The molecular formula is C12H23NO3. The topological polar surface area (TPSA) is 72.5 Å². The van der Waals surface area contributed by atoms with Crippen molar-refractivity contribution in [1.29, 1.82) is 0 Å². The number of carboxylic acids is 1. The highest BCUT2D eigenvalue weighted by Crippen LogP contribution is 2.37. The second-order valence-corrected chi connectivity index (χ2v) is 5.39. The van der Waals surface area contributed by atoms with E-state index in [1.807, 2.05) is 20.8 Å². The third-order valence-electron chi connectivity index (χ3n) is 3.69. The van der Waals surface area contributed by atoms with Crippen LogP contribution < -0.4 is 5.73 Å². The summed E-state index contributed by atoms with van der Waals surface area (Å²) < 4.78 is 5.84. The molecule has 0 saturated carbocycles. The fraction of sp³-hybridized carbons (Fsp3) is 0.917. The molecule has 1 aliphatic rings. The summed E-state index contributed by atoms with van der Waals surface area (Å²) in [5.41, 5.74) is 4.70. The summed E-state index contributed by atoms with van der Waals surface area (Å²) in [4.78, 5) is 11.3. The molecule has 1 fully saturated rings. The molecule has 0 aliphatic carbocycles. The van der Waals surface area contributed by atoms with Crippen LogP contribution in [0.1, 0.15) is 46.5 Å². The Kier molecular flexibility index (Phi) is 3.97. The molecule has 1 saturated heterocycles. The summed E-state index contributed by atoms with van der Waals surface area (Å²) in [6.45, 7) is 6.15. The third kappa shape index (κ3) is 2.74. The first-order valence-electron chi connectivity index (χ1n) is 5.96. The van der Waals surface area contributed by atoms with Crippen LogP contribution in [0.3, 0.4) is 0 Å². The van der Waals surface area contributed by atoms with E-state index in [9.17, 15) is 9.90 Å². The molecule has 0 aromatic heterocycles. The zero-order valence-electron chi connectivity index (χ0n) is 10.5. The van der Waals surface area contributed by atoms with Crippen molar-refractivity contribution in [1.82, 2.24) is 0 Å². The SMILES string of the molecule is CCC(CN)(CC1CCC(C)(C)O1)C(=O)O. The molecule has 16 heavy (non-hydrogen) atoms. The van der Waals surface area contributed by atoms with Gasteiger partial charge in [0.1, 0.15) is 0 Å². The predicted octanol–water partition coefficient (Wildman–Crippen LogP) is 1.77. The Labute approximate surface area is 97.2 Å². The molecule has 1 heterocycles. The van der Waals surface area contributed by atoms with E-state index in [1.54, 1.807) is 0 Å². The van der Waals surface area contributed by atoms with Crippen LogP contribution in [-0.2, 0) is 9.53 Å². The number of carboxylic acid groups (broad SMARTS) is 1. The summed E-state index contributed by atoms with van der Waals surface area (Å²) in [6, 6.07) is 0. The maximum Gasteiger partial charge on any atom is 0.311 e. The number of hydrogen-bond acceptors (Lipinski definition) is 3. The molecule has 2 atom stereocenters. The number of rotatable bonds is 5. The molecule has 2 unspecified atom stereocenters. The van der Waals surface area contributed by atoms with Crippen molar-refractivity contribution >= 4 is 5.97 Å². The summed E-state index contributed by atoms with van der Waals surface area (Å²) in [5, 5.41) is 9.28. The maximum atomic E-state index is 11.3. The third-order valence-corrected chi connectivity index (χ3v) is 3.69. The van der Waals surface area contributed by atoms with Crippen LogP contribution in [0.15, 0.2) is 0 Å². The fourth-order valence-corrected chi connectivity index (χ4v) is 2.36. The second kappa shape index (κ2) is 4.72. The van der Waals surface area contributed by atoms with Gasteiger partial charge in [0.15, 0.2) is 0 Å². The average Bonchev–Trinajstić information content (AvgIpc) is 2.54. The van der Waals surface area contributed by atoms with E-state index in [0.29, 0.717) is 12.8 Å². The average molecular weight is 229 g/mol. The molecule has 0 spiro atoms. The van der Waals surface area contributed by atoms with Gasteiger partial charge in [-0.25, -0.2) is 0 Å². The first-order valence-corrected chi connectivity index (χ1v) is 5.96. The van der Waals surface area contributed by atoms with Crippen LogP contribution in [-0.4, -0.2) is 29.3 Å². The van der Waals surface area contributed by atoms with E-state index in [1.165, 1.54) is 0 Å². The molecule has 0 aromatic rings. The van der Waals surface area contributed by atoms with Crippen molar-refractivity contribution in [2.75, 3.05) is 6.54 Å². The molecule has 3 N–H and O–H groups in total. The molecular weight excluding hydrogens is 206 g/mol. The van der Waals surface area contributed by atoms with E-state index in [4.69, 9.17) is 10.5 Å². The Morgan fingerprint density at radius 2 is 2.25 bits per heavy atom. The standard InChI is InChI=1S/C12H23NO3/c1-4-12(8-13,10(14)15)7-9-5-6-11(2,3)16-9/h9H,4-8,13H2,1-3H3,(H,14,15). The largest absolute Gasteiger partial charge is 0.481 e. The summed E-state index contributed by atoms with van der Waals surface area (Å²) in [6.07, 6.45) is 3.04. The highest BCUT2D eigenvalue weighted by atomic mass is 16.5. The van der Waals surface area contributed by atoms with Crippen LogP contribution >= 0.6 is 0 Å². The van der Waals surface area contributed by atoms with Crippen LogP contribution in [0.25, 0.3) is 0 Å². The molecule has 1 rings (SSSR count). The number of ether oxygens (including phenoxy) is 1. The maximum absolute atomic E-state index is 11.3. The lowest BCUT2D eigenvalue weighted by atomic mass is 9.79. The highest BCUT2D eigenvalue weighted by Gasteiger charge is 2.42. The van der Waals surface area contributed by atoms with E-state index >= 15 is 0 Å². The molecule has 1 aliphatic heterocycles. The smallest absolute Gasteiger partial charge is 0.311 e.